The summed E-state index contributed by atoms with van der Waals surface area (Å²) in [6, 6.07) is 11.0. The number of nitrogens with zero attached hydrogens (tertiary/aromatic N) is 1. The second-order valence-corrected chi connectivity index (χ2v) is 6.06. The van der Waals surface area contributed by atoms with Gasteiger partial charge < -0.3 is 9.88 Å². The zero-order valence-electron chi connectivity index (χ0n) is 12.9. The normalized spacial score (nSPS) is 16.9. The third-order valence-electron chi connectivity index (χ3n) is 4.35. The maximum absolute atomic E-state index is 12.5. The second kappa shape index (κ2) is 5.79. The number of carbonyl (C=O) groups excluding carboxylic acids is 1. The lowest BCUT2D eigenvalue weighted by molar-refractivity contribution is 0.102. The standard InChI is InChI=1S/C18H20N2O2/c1-12-8-9-16-13(10-12)11-15(18(22)20(16)2)17(21)19-14-6-4-3-5-7-14/h3-7,11-12H,8-10H2,1-2H3,(H,19,21)/t12-/m0/s1. The first-order valence-electron chi connectivity index (χ1n) is 7.64. The number of aromatic nitrogens is 1. The van der Waals surface area contributed by atoms with Gasteiger partial charge in [-0.2, -0.15) is 0 Å². The minimum absolute atomic E-state index is 0.221. The average Bonchev–Trinajstić information content (AvgIpc) is 2.51. The zero-order chi connectivity index (χ0) is 15.7. The SMILES string of the molecule is C[C@H]1CCc2c(cc(C(=O)Nc3ccccc3)c(=O)n2C)C1. The van der Waals surface area contributed by atoms with Crippen LogP contribution in [0.3, 0.4) is 0 Å². The van der Waals surface area contributed by atoms with E-state index in [-0.39, 0.29) is 17.0 Å². The Morgan fingerprint density at radius 1 is 1.27 bits per heavy atom. The van der Waals surface area contributed by atoms with E-state index in [0.29, 0.717) is 11.6 Å². The van der Waals surface area contributed by atoms with E-state index < -0.39 is 0 Å². The predicted molar refractivity (Wildman–Crippen MR) is 87.3 cm³/mol. The minimum atomic E-state index is -0.340. The highest BCUT2D eigenvalue weighted by atomic mass is 16.2. The van der Waals surface area contributed by atoms with Crippen LogP contribution in [0.15, 0.2) is 41.2 Å². The largest absolute Gasteiger partial charge is 0.322 e. The maximum atomic E-state index is 12.5. The van der Waals surface area contributed by atoms with Crippen molar-refractivity contribution < 1.29 is 4.79 Å². The van der Waals surface area contributed by atoms with E-state index in [2.05, 4.69) is 12.2 Å². The van der Waals surface area contributed by atoms with Gasteiger partial charge in [0, 0.05) is 18.4 Å². The molecule has 2 aromatic rings. The molecule has 1 aliphatic rings. The van der Waals surface area contributed by atoms with Gasteiger partial charge >= 0.3 is 0 Å². The van der Waals surface area contributed by atoms with Crippen molar-refractivity contribution in [1.29, 1.82) is 0 Å². The lowest BCUT2D eigenvalue weighted by atomic mass is 9.87. The molecule has 4 heteroatoms. The summed E-state index contributed by atoms with van der Waals surface area (Å²) in [7, 11) is 1.76. The Labute approximate surface area is 129 Å². The minimum Gasteiger partial charge on any atom is -0.322 e. The first-order chi connectivity index (χ1) is 10.6. The van der Waals surface area contributed by atoms with Crippen LogP contribution in [-0.4, -0.2) is 10.5 Å². The van der Waals surface area contributed by atoms with Crippen molar-refractivity contribution in [3.8, 4) is 0 Å². The number of rotatable bonds is 2. The molecular weight excluding hydrogens is 276 g/mol. The Morgan fingerprint density at radius 3 is 2.73 bits per heavy atom. The molecule has 0 spiro atoms. The highest BCUT2D eigenvalue weighted by Gasteiger charge is 2.22. The van der Waals surface area contributed by atoms with Gasteiger partial charge in [-0.05, 0) is 48.9 Å². The molecule has 3 rings (SSSR count). The average molecular weight is 296 g/mol. The summed E-state index contributed by atoms with van der Waals surface area (Å²) in [5.41, 5.74) is 2.89. The molecule has 0 unspecified atom stereocenters. The summed E-state index contributed by atoms with van der Waals surface area (Å²) in [6.07, 6.45) is 2.92. The first-order valence-corrected chi connectivity index (χ1v) is 7.64. The highest BCUT2D eigenvalue weighted by molar-refractivity contribution is 6.04. The summed E-state index contributed by atoms with van der Waals surface area (Å²) >= 11 is 0. The van der Waals surface area contributed by atoms with Gasteiger partial charge in [0.25, 0.3) is 11.5 Å². The Hall–Kier alpha value is -2.36. The number of benzene rings is 1. The fraction of sp³-hybridized carbons (Fsp3) is 0.333. The fourth-order valence-corrected chi connectivity index (χ4v) is 3.09. The van der Waals surface area contributed by atoms with Crippen LogP contribution in [-0.2, 0) is 19.9 Å². The molecule has 0 saturated heterocycles. The molecule has 1 aliphatic carbocycles. The van der Waals surface area contributed by atoms with Gasteiger partial charge in [-0.15, -0.1) is 0 Å². The quantitative estimate of drug-likeness (QED) is 0.926. The molecular formula is C18H20N2O2. The lowest BCUT2D eigenvalue weighted by Gasteiger charge is -2.24. The Balaban J connectivity index is 1.97. The van der Waals surface area contributed by atoms with Crippen molar-refractivity contribution in [2.75, 3.05) is 5.32 Å². The van der Waals surface area contributed by atoms with Gasteiger partial charge in [-0.3, -0.25) is 9.59 Å². The van der Waals surface area contributed by atoms with E-state index in [9.17, 15) is 9.59 Å². The molecule has 1 N–H and O–H groups in total. The van der Waals surface area contributed by atoms with Crippen molar-refractivity contribution in [3.63, 3.8) is 0 Å². The number of anilines is 1. The molecule has 1 atom stereocenters. The van der Waals surface area contributed by atoms with E-state index >= 15 is 0 Å². The van der Waals surface area contributed by atoms with E-state index in [1.165, 1.54) is 0 Å². The number of carbonyl (C=O) groups is 1. The van der Waals surface area contributed by atoms with Crippen LogP contribution in [0.4, 0.5) is 5.69 Å². The molecule has 0 bridgehead atoms. The second-order valence-electron chi connectivity index (χ2n) is 6.06. The number of para-hydroxylation sites is 1. The number of nitrogens with one attached hydrogen (secondary N) is 1. The van der Waals surface area contributed by atoms with Gasteiger partial charge in [0.15, 0.2) is 0 Å². The van der Waals surface area contributed by atoms with E-state index in [1.807, 2.05) is 30.3 Å². The summed E-state index contributed by atoms with van der Waals surface area (Å²) in [4.78, 5) is 24.9. The lowest BCUT2D eigenvalue weighted by Crippen LogP contribution is -2.32. The van der Waals surface area contributed by atoms with Crippen molar-refractivity contribution in [3.05, 3.63) is 63.6 Å². The maximum Gasteiger partial charge on any atom is 0.263 e. The van der Waals surface area contributed by atoms with Gasteiger partial charge in [-0.25, -0.2) is 0 Å². The summed E-state index contributed by atoms with van der Waals surface area (Å²) in [5, 5.41) is 2.79. The fourth-order valence-electron chi connectivity index (χ4n) is 3.09. The Kier molecular flexibility index (Phi) is 3.84. The molecule has 114 valence electrons. The molecule has 1 amide bonds. The molecule has 22 heavy (non-hydrogen) atoms. The van der Waals surface area contributed by atoms with Crippen LogP contribution in [0.25, 0.3) is 0 Å². The number of fused-ring (bicyclic) bond motifs is 1. The monoisotopic (exact) mass is 296 g/mol. The Bertz CT molecular complexity index is 763. The number of hydrogen-bond acceptors (Lipinski definition) is 2. The van der Waals surface area contributed by atoms with Crippen LogP contribution in [0.5, 0.6) is 0 Å². The smallest absolute Gasteiger partial charge is 0.263 e. The van der Waals surface area contributed by atoms with Crippen LogP contribution < -0.4 is 10.9 Å². The van der Waals surface area contributed by atoms with Crippen LogP contribution in [0, 0.1) is 5.92 Å². The van der Waals surface area contributed by atoms with E-state index in [1.54, 1.807) is 17.7 Å². The molecule has 0 saturated carbocycles. The van der Waals surface area contributed by atoms with E-state index in [4.69, 9.17) is 0 Å². The molecule has 1 aromatic carbocycles. The summed E-state index contributed by atoms with van der Waals surface area (Å²) in [5.74, 6) is 0.253. The van der Waals surface area contributed by atoms with Crippen molar-refractivity contribution >= 4 is 11.6 Å². The van der Waals surface area contributed by atoms with Crippen molar-refractivity contribution in [2.45, 2.75) is 26.2 Å². The van der Waals surface area contributed by atoms with Gasteiger partial charge in [0.1, 0.15) is 5.56 Å². The molecule has 0 fully saturated rings. The Morgan fingerprint density at radius 2 is 2.00 bits per heavy atom. The zero-order valence-corrected chi connectivity index (χ0v) is 12.9. The van der Waals surface area contributed by atoms with Crippen LogP contribution in [0.1, 0.15) is 35.0 Å². The van der Waals surface area contributed by atoms with Gasteiger partial charge in [0.2, 0.25) is 0 Å². The third-order valence-corrected chi connectivity index (χ3v) is 4.35. The van der Waals surface area contributed by atoms with Crippen molar-refractivity contribution in [2.24, 2.45) is 13.0 Å². The summed E-state index contributed by atoms with van der Waals surface area (Å²) < 4.78 is 1.64. The molecule has 4 nitrogen and oxygen atoms in total. The van der Waals surface area contributed by atoms with E-state index in [0.717, 1.165) is 30.5 Å². The van der Waals surface area contributed by atoms with Gasteiger partial charge in [0.05, 0.1) is 0 Å². The predicted octanol–water partition coefficient (Wildman–Crippen LogP) is 2.76. The topological polar surface area (TPSA) is 51.1 Å². The highest BCUT2D eigenvalue weighted by Crippen LogP contribution is 2.24. The van der Waals surface area contributed by atoms with Crippen LogP contribution in [0.2, 0.25) is 0 Å². The molecule has 1 aromatic heterocycles. The molecule has 1 heterocycles. The molecule has 0 radical (unpaired) electrons. The molecule has 0 aliphatic heterocycles. The van der Waals surface area contributed by atoms with Crippen molar-refractivity contribution in [1.82, 2.24) is 4.57 Å². The summed E-state index contributed by atoms with van der Waals surface area (Å²) in [6.45, 7) is 2.21. The van der Waals surface area contributed by atoms with Crippen LogP contribution >= 0.6 is 0 Å². The number of amides is 1. The first kappa shape index (κ1) is 14.6. The van der Waals surface area contributed by atoms with Gasteiger partial charge in [-0.1, -0.05) is 25.1 Å². The number of hydrogen-bond donors (Lipinski definition) is 1. The number of pyridine rings is 1. The third kappa shape index (κ3) is 2.69.